The van der Waals surface area contributed by atoms with Crippen molar-refractivity contribution in [3.8, 4) is 0 Å². The molecule has 0 saturated carbocycles. The first-order valence-electron chi connectivity index (χ1n) is 7.06. The lowest BCUT2D eigenvalue weighted by molar-refractivity contribution is -0.141. The third kappa shape index (κ3) is 3.58. The fraction of sp³-hybridized carbons (Fsp3) is 0.333. The molecule has 3 rings (SSSR count). The number of hydrogen-bond donors (Lipinski definition) is 1. The van der Waals surface area contributed by atoms with E-state index in [2.05, 4.69) is 15.3 Å². The van der Waals surface area contributed by atoms with Crippen LogP contribution >= 0.6 is 0 Å². The maximum Gasteiger partial charge on any atom is 0.434 e. The summed E-state index contributed by atoms with van der Waals surface area (Å²) in [5, 5.41) is 3.30. The number of anilines is 1. The summed E-state index contributed by atoms with van der Waals surface area (Å²) in [5.41, 5.74) is -0.0950. The Balaban J connectivity index is 1.74. The van der Waals surface area contributed by atoms with Crippen LogP contribution in [0.5, 0.6) is 0 Å². The fourth-order valence-electron chi connectivity index (χ4n) is 2.51. The molecule has 0 radical (unpaired) electrons. The Morgan fingerprint density at radius 3 is 2.43 bits per heavy atom. The second-order valence-corrected chi connectivity index (χ2v) is 5.26. The highest BCUT2D eigenvalue weighted by atomic mass is 19.4. The van der Waals surface area contributed by atoms with Crippen LogP contribution in [0.15, 0.2) is 36.7 Å². The molecule has 0 spiro atoms. The predicted octanol–water partition coefficient (Wildman–Crippen LogP) is 2.79. The van der Waals surface area contributed by atoms with Gasteiger partial charge in [0.1, 0.15) is 11.6 Å². The van der Waals surface area contributed by atoms with E-state index in [4.69, 9.17) is 0 Å². The molecule has 1 saturated heterocycles. The molecule has 1 atom stereocenters. The molecule has 1 aliphatic rings. The quantitative estimate of drug-likeness (QED) is 0.862. The van der Waals surface area contributed by atoms with Crippen molar-refractivity contribution in [1.82, 2.24) is 15.3 Å². The van der Waals surface area contributed by atoms with Gasteiger partial charge in [0.25, 0.3) is 0 Å². The van der Waals surface area contributed by atoms with Gasteiger partial charge >= 0.3 is 6.18 Å². The van der Waals surface area contributed by atoms with E-state index in [1.54, 1.807) is 12.1 Å². The van der Waals surface area contributed by atoms with Crippen molar-refractivity contribution < 1.29 is 17.6 Å². The Morgan fingerprint density at radius 1 is 1.09 bits per heavy atom. The second-order valence-electron chi connectivity index (χ2n) is 5.26. The lowest BCUT2D eigenvalue weighted by atomic mass is 10.0. The highest BCUT2D eigenvalue weighted by molar-refractivity contribution is 5.38. The van der Waals surface area contributed by atoms with E-state index >= 15 is 0 Å². The van der Waals surface area contributed by atoms with Gasteiger partial charge in [0.2, 0.25) is 0 Å². The number of nitrogens with one attached hydrogen (secondary N) is 1. The zero-order chi connectivity index (χ0) is 16.4. The maximum atomic E-state index is 13.0. The fourth-order valence-corrected chi connectivity index (χ4v) is 2.51. The third-order valence-electron chi connectivity index (χ3n) is 3.70. The summed E-state index contributed by atoms with van der Waals surface area (Å²) in [6, 6.07) is 6.10. The van der Waals surface area contributed by atoms with Crippen molar-refractivity contribution in [3.63, 3.8) is 0 Å². The molecular weight excluding hydrogens is 312 g/mol. The molecule has 0 bridgehead atoms. The summed E-state index contributed by atoms with van der Waals surface area (Å²) in [6.45, 7) is 1.77. The molecule has 1 aliphatic heterocycles. The van der Waals surface area contributed by atoms with Crippen molar-refractivity contribution in [3.05, 3.63) is 53.7 Å². The van der Waals surface area contributed by atoms with Gasteiger partial charge in [-0.3, -0.25) is 0 Å². The molecule has 0 aliphatic carbocycles. The van der Waals surface area contributed by atoms with Crippen molar-refractivity contribution in [2.45, 2.75) is 12.2 Å². The first-order chi connectivity index (χ1) is 10.9. The van der Waals surface area contributed by atoms with Gasteiger partial charge in [0, 0.05) is 25.7 Å². The van der Waals surface area contributed by atoms with Crippen molar-refractivity contribution >= 4 is 5.82 Å². The van der Waals surface area contributed by atoms with E-state index in [0.717, 1.165) is 18.0 Å². The number of rotatable bonds is 2. The van der Waals surface area contributed by atoms with Crippen molar-refractivity contribution in [2.75, 3.05) is 24.5 Å². The molecule has 0 amide bonds. The molecule has 1 unspecified atom stereocenters. The average molecular weight is 326 g/mol. The summed E-state index contributed by atoms with van der Waals surface area (Å²) >= 11 is 0. The van der Waals surface area contributed by atoms with E-state index in [1.165, 1.54) is 12.1 Å². The van der Waals surface area contributed by atoms with Crippen LogP contribution in [0, 0.1) is 5.82 Å². The maximum absolute atomic E-state index is 13.0. The molecule has 1 aromatic carbocycles. The molecule has 1 N–H and O–H groups in total. The zero-order valence-corrected chi connectivity index (χ0v) is 12.0. The van der Waals surface area contributed by atoms with Gasteiger partial charge in [-0.05, 0) is 17.7 Å². The number of halogens is 4. The molecule has 2 aromatic rings. The van der Waals surface area contributed by atoms with Crippen molar-refractivity contribution in [2.24, 2.45) is 0 Å². The van der Waals surface area contributed by atoms with Crippen LogP contribution in [0.25, 0.3) is 0 Å². The van der Waals surface area contributed by atoms with Gasteiger partial charge in [0.15, 0.2) is 5.69 Å². The van der Waals surface area contributed by atoms with Gasteiger partial charge in [-0.15, -0.1) is 0 Å². The first kappa shape index (κ1) is 15.7. The van der Waals surface area contributed by atoms with Crippen LogP contribution in [0.2, 0.25) is 0 Å². The van der Waals surface area contributed by atoms with Crippen LogP contribution in [-0.4, -0.2) is 29.6 Å². The minimum Gasteiger partial charge on any atom is -0.352 e. The Bertz CT molecular complexity index is 655. The van der Waals surface area contributed by atoms with Gasteiger partial charge in [0.05, 0.1) is 12.4 Å². The summed E-state index contributed by atoms with van der Waals surface area (Å²) in [7, 11) is 0. The third-order valence-corrected chi connectivity index (χ3v) is 3.70. The van der Waals surface area contributed by atoms with Crippen LogP contribution in [0.1, 0.15) is 17.3 Å². The van der Waals surface area contributed by atoms with Crippen molar-refractivity contribution in [1.29, 1.82) is 0 Å². The number of aromatic nitrogens is 2. The minimum atomic E-state index is -4.49. The summed E-state index contributed by atoms with van der Waals surface area (Å²) < 4.78 is 50.6. The van der Waals surface area contributed by atoms with E-state index in [1.807, 2.05) is 4.90 Å². The molecule has 1 aromatic heterocycles. The first-order valence-corrected chi connectivity index (χ1v) is 7.06. The molecule has 8 heteroatoms. The van der Waals surface area contributed by atoms with Crippen LogP contribution in [-0.2, 0) is 6.18 Å². The highest BCUT2D eigenvalue weighted by Gasteiger charge is 2.33. The standard InChI is InChI=1S/C15H14F4N4/c16-11-3-1-10(2-4-11)12-9-23(6-5-20-12)14-8-21-13(7-22-14)15(17,18)19/h1-4,7-8,12,20H,5-6,9H2. The van der Waals surface area contributed by atoms with Gasteiger partial charge in [-0.2, -0.15) is 13.2 Å². The molecule has 2 heterocycles. The average Bonchev–Trinajstić information content (AvgIpc) is 2.55. The Labute approximate surface area is 130 Å². The predicted molar refractivity (Wildman–Crippen MR) is 76.4 cm³/mol. The van der Waals surface area contributed by atoms with Gasteiger partial charge < -0.3 is 10.2 Å². The zero-order valence-electron chi connectivity index (χ0n) is 12.0. The number of benzene rings is 1. The second kappa shape index (κ2) is 6.11. The Kier molecular flexibility index (Phi) is 4.16. The number of nitrogens with zero attached hydrogens (tertiary/aromatic N) is 3. The smallest absolute Gasteiger partial charge is 0.352 e. The Morgan fingerprint density at radius 2 is 1.83 bits per heavy atom. The van der Waals surface area contributed by atoms with E-state index in [0.29, 0.717) is 25.5 Å². The lowest BCUT2D eigenvalue weighted by Crippen LogP contribution is -2.46. The van der Waals surface area contributed by atoms with Gasteiger partial charge in [-0.25, -0.2) is 14.4 Å². The largest absolute Gasteiger partial charge is 0.434 e. The van der Waals surface area contributed by atoms with E-state index in [-0.39, 0.29) is 11.9 Å². The lowest BCUT2D eigenvalue weighted by Gasteiger charge is -2.34. The topological polar surface area (TPSA) is 41.1 Å². The molecule has 122 valence electrons. The minimum absolute atomic E-state index is 0.0477. The van der Waals surface area contributed by atoms with Crippen LogP contribution < -0.4 is 10.2 Å². The monoisotopic (exact) mass is 326 g/mol. The molecule has 23 heavy (non-hydrogen) atoms. The summed E-state index contributed by atoms with van der Waals surface area (Å²) in [5.74, 6) is 0.0848. The van der Waals surface area contributed by atoms with Crippen LogP contribution in [0.3, 0.4) is 0 Å². The highest BCUT2D eigenvalue weighted by Crippen LogP contribution is 2.28. The molecule has 1 fully saturated rings. The SMILES string of the molecule is Fc1ccc(C2CN(c3cnc(C(F)(F)F)cn3)CCN2)cc1. The Hall–Kier alpha value is -2.22. The summed E-state index contributed by atoms with van der Waals surface area (Å²) in [6.07, 6.45) is -2.62. The van der Waals surface area contributed by atoms with Gasteiger partial charge in [-0.1, -0.05) is 12.1 Å². The number of piperazine rings is 1. The normalized spacial score (nSPS) is 19.0. The van der Waals surface area contributed by atoms with E-state index < -0.39 is 11.9 Å². The van der Waals surface area contributed by atoms with E-state index in [9.17, 15) is 17.6 Å². The molecule has 4 nitrogen and oxygen atoms in total. The number of hydrogen-bond acceptors (Lipinski definition) is 4. The van der Waals surface area contributed by atoms with Crippen LogP contribution in [0.4, 0.5) is 23.4 Å². The number of alkyl halides is 3. The summed E-state index contributed by atoms with van der Waals surface area (Å²) in [4.78, 5) is 9.16. The molecular formula is C15H14F4N4.